The first-order chi connectivity index (χ1) is 11.2. The number of Topliss-reactive ketones (excluding diaryl/α,β-unsaturated/α-hetero) is 1. The van der Waals surface area contributed by atoms with Crippen LogP contribution in [0.1, 0.15) is 78.6 Å². The first kappa shape index (κ1) is 17.0. The third kappa shape index (κ3) is 2.25. The lowest BCUT2D eigenvalue weighted by Crippen LogP contribution is -2.54. The molecular weight excluding hydrogens is 306 g/mol. The van der Waals surface area contributed by atoms with E-state index in [2.05, 4.69) is 13.8 Å². The van der Waals surface area contributed by atoms with Crippen LogP contribution in [0.2, 0.25) is 0 Å². The number of halogens is 2. The maximum Gasteiger partial charge on any atom is 0.248 e. The van der Waals surface area contributed by atoms with Crippen LogP contribution in [0.3, 0.4) is 0 Å². The number of alkyl halides is 2. The fourth-order valence-corrected chi connectivity index (χ4v) is 7.88. The fraction of sp³-hybridized carbons (Fsp3) is 0.952. The molecule has 0 aromatic rings. The number of rotatable bonds is 1. The van der Waals surface area contributed by atoms with Crippen molar-refractivity contribution in [3.63, 3.8) is 0 Å². The second kappa shape index (κ2) is 5.27. The van der Waals surface area contributed by atoms with Gasteiger partial charge in [-0.05, 0) is 86.4 Å². The fourth-order valence-electron chi connectivity index (χ4n) is 7.88. The van der Waals surface area contributed by atoms with Gasteiger partial charge in [0, 0.05) is 18.8 Å². The van der Waals surface area contributed by atoms with E-state index in [0.29, 0.717) is 35.9 Å². The van der Waals surface area contributed by atoms with Crippen molar-refractivity contribution in [1.82, 2.24) is 0 Å². The van der Waals surface area contributed by atoms with E-state index in [9.17, 15) is 13.6 Å². The monoisotopic (exact) mass is 338 g/mol. The van der Waals surface area contributed by atoms with Crippen molar-refractivity contribution in [2.24, 2.45) is 40.4 Å². The summed E-state index contributed by atoms with van der Waals surface area (Å²) in [7, 11) is 0. The quantitative estimate of drug-likeness (QED) is 0.584. The van der Waals surface area contributed by atoms with Crippen molar-refractivity contribution >= 4 is 5.78 Å². The first-order valence-corrected chi connectivity index (χ1v) is 10.1. The van der Waals surface area contributed by atoms with Gasteiger partial charge in [0.25, 0.3) is 0 Å². The summed E-state index contributed by atoms with van der Waals surface area (Å²) in [5.74, 6) is -0.235. The van der Waals surface area contributed by atoms with E-state index in [1.165, 1.54) is 6.42 Å². The van der Waals surface area contributed by atoms with Crippen molar-refractivity contribution in [1.29, 1.82) is 0 Å². The van der Waals surface area contributed by atoms with Gasteiger partial charge in [0.05, 0.1) is 0 Å². The average Bonchev–Trinajstić information content (AvgIpc) is 2.85. The van der Waals surface area contributed by atoms with Gasteiger partial charge in [0.1, 0.15) is 5.78 Å². The Morgan fingerprint density at radius 1 is 0.958 bits per heavy atom. The van der Waals surface area contributed by atoms with Gasteiger partial charge < -0.3 is 0 Å². The lowest BCUT2D eigenvalue weighted by molar-refractivity contribution is -0.152. The molecule has 0 spiro atoms. The van der Waals surface area contributed by atoms with Crippen LogP contribution in [0.5, 0.6) is 0 Å². The molecule has 7 atom stereocenters. The van der Waals surface area contributed by atoms with Crippen LogP contribution >= 0.6 is 0 Å². The van der Waals surface area contributed by atoms with Crippen molar-refractivity contribution < 1.29 is 13.6 Å². The summed E-state index contributed by atoms with van der Waals surface area (Å²) in [6.07, 6.45) is 8.62. The Kier molecular flexibility index (Phi) is 3.72. The summed E-state index contributed by atoms with van der Waals surface area (Å²) in [6.45, 7) is 5.73. The summed E-state index contributed by atoms with van der Waals surface area (Å²) in [5, 5.41) is 0. The minimum Gasteiger partial charge on any atom is -0.300 e. The van der Waals surface area contributed by atoms with Crippen molar-refractivity contribution in [2.45, 2.75) is 84.5 Å². The van der Waals surface area contributed by atoms with E-state index in [-0.39, 0.29) is 10.8 Å². The largest absolute Gasteiger partial charge is 0.300 e. The molecule has 4 saturated carbocycles. The maximum absolute atomic E-state index is 14.2. The molecule has 0 aromatic heterocycles. The second-order valence-corrected chi connectivity index (χ2v) is 10.0. The summed E-state index contributed by atoms with van der Waals surface area (Å²) in [4.78, 5) is 11.9. The van der Waals surface area contributed by atoms with E-state index in [1.54, 1.807) is 0 Å². The number of hydrogen-bond donors (Lipinski definition) is 0. The Bertz CT molecular complexity index is 538. The van der Waals surface area contributed by atoms with Gasteiger partial charge >= 0.3 is 0 Å². The summed E-state index contributed by atoms with van der Waals surface area (Å²) < 4.78 is 28.4. The molecule has 0 saturated heterocycles. The zero-order chi connectivity index (χ0) is 17.3. The number of fused-ring (bicyclic) bond motifs is 5. The average molecular weight is 338 g/mol. The third-order valence-electron chi connectivity index (χ3n) is 9.09. The molecule has 4 aliphatic rings. The third-order valence-corrected chi connectivity index (χ3v) is 9.09. The van der Waals surface area contributed by atoms with Crippen LogP contribution in [0.25, 0.3) is 0 Å². The Balaban J connectivity index is 1.62. The van der Waals surface area contributed by atoms with Gasteiger partial charge in [0.15, 0.2) is 0 Å². The van der Waals surface area contributed by atoms with Crippen molar-refractivity contribution in [3.05, 3.63) is 0 Å². The highest BCUT2D eigenvalue weighted by molar-refractivity contribution is 5.79. The van der Waals surface area contributed by atoms with Crippen LogP contribution in [0, 0.1) is 40.4 Å². The SMILES string of the molecule is CC(F)(F)[C@@H]1CC[C@@H]2[C@@H]3CC[C@H]4CC(=O)CC[C@]4(C)[C@@H]3CC[C@@]21C. The lowest BCUT2D eigenvalue weighted by Gasteiger charge is -2.60. The van der Waals surface area contributed by atoms with E-state index in [1.807, 2.05) is 0 Å². The molecule has 0 bridgehead atoms. The topological polar surface area (TPSA) is 17.1 Å². The molecule has 1 nitrogen and oxygen atoms in total. The zero-order valence-corrected chi connectivity index (χ0v) is 15.4. The highest BCUT2D eigenvalue weighted by Crippen LogP contribution is 2.68. The Labute approximate surface area is 145 Å². The summed E-state index contributed by atoms with van der Waals surface area (Å²) in [5.41, 5.74) is 0.109. The van der Waals surface area contributed by atoms with Gasteiger partial charge in [-0.2, -0.15) is 0 Å². The van der Waals surface area contributed by atoms with E-state index >= 15 is 0 Å². The van der Waals surface area contributed by atoms with Crippen LogP contribution in [-0.4, -0.2) is 11.7 Å². The van der Waals surface area contributed by atoms with Gasteiger partial charge in [-0.25, -0.2) is 8.78 Å². The van der Waals surface area contributed by atoms with Crippen LogP contribution < -0.4 is 0 Å². The maximum atomic E-state index is 14.2. The van der Waals surface area contributed by atoms with E-state index in [4.69, 9.17) is 0 Å². The molecule has 0 aliphatic heterocycles. The van der Waals surface area contributed by atoms with Gasteiger partial charge in [-0.1, -0.05) is 13.8 Å². The Morgan fingerprint density at radius 3 is 2.38 bits per heavy atom. The summed E-state index contributed by atoms with van der Waals surface area (Å²) >= 11 is 0. The Hall–Kier alpha value is -0.470. The molecular formula is C21H32F2O. The zero-order valence-electron chi connectivity index (χ0n) is 15.4. The van der Waals surface area contributed by atoms with E-state index < -0.39 is 11.8 Å². The number of carbonyl (C=O) groups is 1. The number of ketones is 1. The minimum absolute atomic E-state index is 0.174. The minimum atomic E-state index is -2.55. The van der Waals surface area contributed by atoms with Crippen LogP contribution in [-0.2, 0) is 4.79 Å². The highest BCUT2D eigenvalue weighted by Gasteiger charge is 2.63. The van der Waals surface area contributed by atoms with E-state index in [0.717, 1.165) is 51.9 Å². The molecule has 136 valence electrons. The molecule has 0 heterocycles. The lowest BCUT2D eigenvalue weighted by atomic mass is 9.44. The van der Waals surface area contributed by atoms with Crippen LogP contribution in [0.4, 0.5) is 8.78 Å². The molecule has 0 amide bonds. The van der Waals surface area contributed by atoms with Crippen molar-refractivity contribution in [2.75, 3.05) is 0 Å². The number of carbonyl (C=O) groups excluding carboxylic acids is 1. The Morgan fingerprint density at radius 2 is 1.67 bits per heavy atom. The van der Waals surface area contributed by atoms with Gasteiger partial charge in [-0.15, -0.1) is 0 Å². The number of hydrogen-bond acceptors (Lipinski definition) is 1. The molecule has 4 aliphatic carbocycles. The van der Waals surface area contributed by atoms with Crippen LogP contribution in [0.15, 0.2) is 0 Å². The van der Waals surface area contributed by atoms with Crippen molar-refractivity contribution in [3.8, 4) is 0 Å². The molecule has 3 heteroatoms. The predicted octanol–water partition coefficient (Wildman–Crippen LogP) is 5.87. The molecule has 4 rings (SSSR count). The predicted molar refractivity (Wildman–Crippen MR) is 90.8 cm³/mol. The second-order valence-electron chi connectivity index (χ2n) is 10.0. The molecule has 4 fully saturated rings. The first-order valence-electron chi connectivity index (χ1n) is 10.1. The molecule has 0 radical (unpaired) electrons. The smallest absolute Gasteiger partial charge is 0.248 e. The molecule has 24 heavy (non-hydrogen) atoms. The van der Waals surface area contributed by atoms with Gasteiger partial charge in [0.2, 0.25) is 5.92 Å². The van der Waals surface area contributed by atoms with Gasteiger partial charge in [-0.3, -0.25) is 4.79 Å². The highest BCUT2D eigenvalue weighted by atomic mass is 19.3. The molecule has 0 unspecified atom stereocenters. The summed E-state index contributed by atoms with van der Waals surface area (Å²) in [6, 6.07) is 0. The molecule has 0 N–H and O–H groups in total. The molecule has 0 aromatic carbocycles. The normalized spacial score (nSPS) is 51.7. The standard InChI is InChI=1S/C21H32F2O/c1-19-10-8-14(24)12-13(19)4-5-15-16-6-7-18(21(3,22)23)20(16,2)11-9-17(15)19/h13,15-18H,4-12H2,1-3H3/t13-,15-,16+,17+,18+,19-,20-/m0/s1.